The second kappa shape index (κ2) is 3.21. The molecule has 0 amide bonds. The van der Waals surface area contributed by atoms with Gasteiger partial charge in [0.25, 0.3) is 0 Å². The number of hydrogen-bond acceptors (Lipinski definition) is 4. The van der Waals surface area contributed by atoms with Crippen molar-refractivity contribution < 1.29 is 9.90 Å². The SMILES string of the molecule is N[C@H](C(=O)O)C(S)S. The Bertz CT molecular complexity index is 95.3. The number of hydrogen-bond donors (Lipinski definition) is 4. The molecule has 0 saturated carbocycles. The zero-order valence-corrected chi connectivity index (χ0v) is 5.77. The zero-order chi connectivity index (χ0) is 6.73. The minimum Gasteiger partial charge on any atom is -0.480 e. The molecule has 3 nitrogen and oxygen atoms in total. The van der Waals surface area contributed by atoms with E-state index in [1.807, 2.05) is 0 Å². The first kappa shape index (κ1) is 8.13. The summed E-state index contributed by atoms with van der Waals surface area (Å²) < 4.78 is -0.590. The zero-order valence-electron chi connectivity index (χ0n) is 3.98. The van der Waals surface area contributed by atoms with Crippen LogP contribution in [0.4, 0.5) is 0 Å². The minimum absolute atomic E-state index is 0.590. The van der Waals surface area contributed by atoms with E-state index in [1.165, 1.54) is 0 Å². The third kappa shape index (κ3) is 2.44. The number of carboxylic acids is 1. The van der Waals surface area contributed by atoms with Crippen molar-refractivity contribution in [3.05, 3.63) is 0 Å². The third-order valence-electron chi connectivity index (χ3n) is 0.606. The van der Waals surface area contributed by atoms with E-state index >= 15 is 0 Å². The standard InChI is InChI=1S/C3H7NO2S2/c4-1(2(5)6)3(7)8/h1,3,7-8H,4H2,(H,5,6)/t1-/m1/s1. The Morgan fingerprint density at radius 2 is 2.00 bits per heavy atom. The van der Waals surface area contributed by atoms with Gasteiger partial charge in [-0.3, -0.25) is 4.79 Å². The monoisotopic (exact) mass is 153 g/mol. The second-order valence-electron chi connectivity index (χ2n) is 1.28. The van der Waals surface area contributed by atoms with E-state index in [0.717, 1.165) is 0 Å². The Kier molecular flexibility index (Phi) is 3.27. The molecule has 0 heterocycles. The fraction of sp³-hybridized carbons (Fsp3) is 0.667. The highest BCUT2D eigenvalue weighted by Gasteiger charge is 2.16. The van der Waals surface area contributed by atoms with E-state index < -0.39 is 16.6 Å². The molecule has 0 saturated heterocycles. The number of aliphatic carboxylic acids is 1. The normalized spacial score (nSPS) is 14.0. The van der Waals surface area contributed by atoms with Gasteiger partial charge in [-0.1, -0.05) is 0 Å². The van der Waals surface area contributed by atoms with Gasteiger partial charge >= 0.3 is 5.97 Å². The lowest BCUT2D eigenvalue weighted by molar-refractivity contribution is -0.138. The Morgan fingerprint density at radius 1 is 1.62 bits per heavy atom. The lowest BCUT2D eigenvalue weighted by Crippen LogP contribution is -2.36. The average Bonchev–Trinajstić information content (AvgIpc) is 1.64. The Labute approximate surface area is 58.1 Å². The predicted octanol–water partition coefficient (Wildman–Crippen LogP) is -0.416. The molecule has 0 aromatic rings. The van der Waals surface area contributed by atoms with Crippen LogP contribution in [0.25, 0.3) is 0 Å². The molecule has 3 N–H and O–H groups in total. The van der Waals surface area contributed by atoms with Gasteiger partial charge in [-0.15, -0.1) is 0 Å². The first-order valence-corrected chi connectivity index (χ1v) is 2.93. The Hall–Kier alpha value is 0.130. The van der Waals surface area contributed by atoms with Crippen molar-refractivity contribution in [1.82, 2.24) is 0 Å². The van der Waals surface area contributed by atoms with Crippen LogP contribution in [0, 0.1) is 0 Å². The van der Waals surface area contributed by atoms with Crippen LogP contribution in [-0.4, -0.2) is 21.7 Å². The van der Waals surface area contributed by atoms with Crippen molar-refractivity contribution >= 4 is 31.2 Å². The second-order valence-corrected chi connectivity index (χ2v) is 2.80. The molecule has 0 aliphatic carbocycles. The van der Waals surface area contributed by atoms with Crippen LogP contribution in [-0.2, 0) is 4.79 Å². The molecule has 0 unspecified atom stereocenters. The fourth-order valence-corrected chi connectivity index (χ4v) is 0.383. The van der Waals surface area contributed by atoms with Crippen molar-refractivity contribution in [3.63, 3.8) is 0 Å². The summed E-state index contributed by atoms with van der Waals surface area (Å²) in [5.74, 6) is -1.08. The molecule has 0 radical (unpaired) electrons. The molecule has 0 aromatic carbocycles. The smallest absolute Gasteiger partial charge is 0.322 e. The van der Waals surface area contributed by atoms with Crippen molar-refractivity contribution in [2.45, 2.75) is 10.6 Å². The number of thiol groups is 2. The molecule has 0 fully saturated rings. The molecule has 0 aliphatic heterocycles. The van der Waals surface area contributed by atoms with Crippen molar-refractivity contribution in [2.75, 3.05) is 0 Å². The van der Waals surface area contributed by atoms with E-state index in [2.05, 4.69) is 25.3 Å². The maximum atomic E-state index is 9.92. The highest BCUT2D eigenvalue weighted by molar-refractivity contribution is 7.99. The lowest BCUT2D eigenvalue weighted by Gasteiger charge is -2.06. The summed E-state index contributed by atoms with van der Waals surface area (Å²) in [7, 11) is 0. The summed E-state index contributed by atoms with van der Waals surface area (Å²) in [4.78, 5) is 9.92. The van der Waals surface area contributed by atoms with Crippen molar-refractivity contribution in [1.29, 1.82) is 0 Å². The molecular weight excluding hydrogens is 146 g/mol. The van der Waals surface area contributed by atoms with E-state index in [4.69, 9.17) is 10.8 Å². The first-order valence-electron chi connectivity index (χ1n) is 1.90. The third-order valence-corrected chi connectivity index (χ3v) is 1.25. The highest BCUT2D eigenvalue weighted by Crippen LogP contribution is 2.03. The van der Waals surface area contributed by atoms with Gasteiger partial charge in [-0.2, -0.15) is 25.3 Å². The largest absolute Gasteiger partial charge is 0.480 e. The van der Waals surface area contributed by atoms with E-state index in [0.29, 0.717) is 0 Å². The molecule has 0 aromatic heterocycles. The maximum absolute atomic E-state index is 9.92. The summed E-state index contributed by atoms with van der Waals surface area (Å²) in [6.45, 7) is 0. The van der Waals surface area contributed by atoms with E-state index in [9.17, 15) is 4.79 Å². The van der Waals surface area contributed by atoms with E-state index in [1.54, 1.807) is 0 Å². The summed E-state index contributed by atoms with van der Waals surface area (Å²) in [6.07, 6.45) is 0. The van der Waals surface area contributed by atoms with Gasteiger partial charge in [0.2, 0.25) is 0 Å². The van der Waals surface area contributed by atoms with Crippen molar-refractivity contribution in [3.8, 4) is 0 Å². The summed E-state index contributed by atoms with van der Waals surface area (Å²) in [6, 6.07) is -0.985. The maximum Gasteiger partial charge on any atom is 0.322 e. The van der Waals surface area contributed by atoms with Gasteiger partial charge in [0.15, 0.2) is 0 Å². The van der Waals surface area contributed by atoms with Crippen LogP contribution in [0.5, 0.6) is 0 Å². The number of nitrogens with two attached hydrogens (primary N) is 1. The average molecular weight is 153 g/mol. The topological polar surface area (TPSA) is 63.3 Å². The summed E-state index contributed by atoms with van der Waals surface area (Å²) in [5.41, 5.74) is 5.01. The Morgan fingerprint density at radius 3 is 2.00 bits per heavy atom. The van der Waals surface area contributed by atoms with Gasteiger partial charge in [0.05, 0.1) is 4.58 Å². The quantitative estimate of drug-likeness (QED) is 0.322. The van der Waals surface area contributed by atoms with Crippen LogP contribution >= 0.6 is 25.3 Å². The van der Waals surface area contributed by atoms with Crippen LogP contribution in [0.15, 0.2) is 0 Å². The van der Waals surface area contributed by atoms with Crippen LogP contribution < -0.4 is 5.73 Å². The number of carboxylic acid groups (broad SMARTS) is 1. The van der Waals surface area contributed by atoms with Gasteiger partial charge in [-0.05, 0) is 0 Å². The van der Waals surface area contributed by atoms with Gasteiger partial charge in [0, 0.05) is 0 Å². The lowest BCUT2D eigenvalue weighted by atomic mass is 10.4. The van der Waals surface area contributed by atoms with Crippen LogP contribution in [0.1, 0.15) is 0 Å². The molecule has 0 rings (SSSR count). The highest BCUT2D eigenvalue weighted by atomic mass is 32.2. The van der Waals surface area contributed by atoms with Gasteiger partial charge in [0.1, 0.15) is 6.04 Å². The van der Waals surface area contributed by atoms with Crippen molar-refractivity contribution in [2.24, 2.45) is 5.73 Å². The number of carbonyl (C=O) groups is 1. The number of rotatable bonds is 2. The Balaban J connectivity index is 3.64. The molecule has 0 bridgehead atoms. The fourth-order valence-electron chi connectivity index (χ4n) is 0.128. The molecule has 48 valence electrons. The molecule has 0 spiro atoms. The van der Waals surface area contributed by atoms with Crippen LogP contribution in [0.2, 0.25) is 0 Å². The molecule has 8 heavy (non-hydrogen) atoms. The predicted molar refractivity (Wildman–Crippen MR) is 37.4 cm³/mol. The first-order chi connectivity index (χ1) is 3.55. The van der Waals surface area contributed by atoms with E-state index in [-0.39, 0.29) is 0 Å². The van der Waals surface area contributed by atoms with Gasteiger partial charge < -0.3 is 10.8 Å². The summed E-state index contributed by atoms with van der Waals surface area (Å²) in [5, 5.41) is 8.13. The minimum atomic E-state index is -1.08. The molecule has 0 aliphatic rings. The molecule has 1 atom stereocenters. The molecule has 5 heteroatoms. The van der Waals surface area contributed by atoms with Gasteiger partial charge in [-0.25, -0.2) is 0 Å². The summed E-state index contributed by atoms with van der Waals surface area (Å²) >= 11 is 7.38. The molecular formula is C3H7NO2S2. The van der Waals surface area contributed by atoms with Crippen LogP contribution in [0.3, 0.4) is 0 Å².